The molecule has 0 atom stereocenters. The molecule has 0 saturated heterocycles. The molecule has 0 saturated carbocycles. The fraction of sp³-hybridized carbons (Fsp3) is 0.188. The van der Waals surface area contributed by atoms with E-state index < -0.39 is 0 Å². The highest BCUT2D eigenvalue weighted by molar-refractivity contribution is 5.96. The fourth-order valence-electron chi connectivity index (χ4n) is 1.89. The van der Waals surface area contributed by atoms with Gasteiger partial charge in [0.15, 0.2) is 5.78 Å². The van der Waals surface area contributed by atoms with Crippen LogP contribution >= 0.6 is 0 Å². The molecule has 19 heavy (non-hydrogen) atoms. The third kappa shape index (κ3) is 3.65. The minimum absolute atomic E-state index is 0.0396. The topological polar surface area (TPSA) is 20.3 Å². The molecule has 0 aliphatic heterocycles. The first-order valence-corrected chi connectivity index (χ1v) is 6.22. The maximum atomic E-state index is 13.0. The molecule has 0 aromatic heterocycles. The highest BCUT2D eigenvalue weighted by atomic mass is 19.1. The molecule has 98 valence electrons. The van der Waals surface area contributed by atoms with Crippen LogP contribution in [0.15, 0.2) is 54.6 Å². The number of hydrogen-bond donors (Lipinski definition) is 0. The van der Waals surface area contributed by atoms with Gasteiger partial charge in [-0.05, 0) is 24.3 Å². The van der Waals surface area contributed by atoms with Crippen molar-refractivity contribution in [1.82, 2.24) is 0 Å². The van der Waals surface area contributed by atoms with E-state index in [0.29, 0.717) is 18.5 Å². The Morgan fingerprint density at radius 1 is 1.11 bits per heavy atom. The lowest BCUT2D eigenvalue weighted by Crippen LogP contribution is -2.21. The molecule has 2 nitrogen and oxygen atoms in total. The lowest BCUT2D eigenvalue weighted by atomic mass is 10.1. The first kappa shape index (κ1) is 13.3. The standard InChI is InChI=1S/C16H16FNO/c1-18(15-8-3-2-4-9-15)11-10-16(19)13-6-5-7-14(17)12-13/h2-9,12H,10-11H2,1H3. The summed E-state index contributed by atoms with van der Waals surface area (Å²) in [6.07, 6.45) is 0.370. The molecule has 3 heteroatoms. The van der Waals surface area contributed by atoms with E-state index in [1.807, 2.05) is 42.3 Å². The predicted octanol–water partition coefficient (Wildman–Crippen LogP) is 3.53. The summed E-state index contributed by atoms with van der Waals surface area (Å²) in [4.78, 5) is 14.0. The molecule has 0 aliphatic rings. The van der Waals surface area contributed by atoms with Crippen LogP contribution in [0.25, 0.3) is 0 Å². The number of carbonyl (C=O) groups is 1. The third-order valence-corrected chi connectivity index (χ3v) is 3.02. The van der Waals surface area contributed by atoms with Gasteiger partial charge in [0.2, 0.25) is 0 Å². The summed E-state index contributed by atoms with van der Waals surface area (Å²) in [5, 5.41) is 0. The molecule has 0 bridgehead atoms. The average Bonchev–Trinajstić information content (AvgIpc) is 2.45. The van der Waals surface area contributed by atoms with Crippen LogP contribution in [0.5, 0.6) is 0 Å². The number of Topliss-reactive ketones (excluding diaryl/α,β-unsaturated/α-hetero) is 1. The van der Waals surface area contributed by atoms with Gasteiger partial charge in [-0.3, -0.25) is 4.79 Å². The van der Waals surface area contributed by atoms with Crippen LogP contribution in [0.4, 0.5) is 10.1 Å². The van der Waals surface area contributed by atoms with Gasteiger partial charge in [-0.15, -0.1) is 0 Å². The highest BCUT2D eigenvalue weighted by Gasteiger charge is 2.08. The number of carbonyl (C=O) groups excluding carboxylic acids is 1. The Morgan fingerprint density at radius 3 is 2.53 bits per heavy atom. The summed E-state index contributed by atoms with van der Waals surface area (Å²) in [6, 6.07) is 15.7. The third-order valence-electron chi connectivity index (χ3n) is 3.02. The lowest BCUT2D eigenvalue weighted by molar-refractivity contribution is 0.0984. The molecular formula is C16H16FNO. The van der Waals surface area contributed by atoms with Crippen molar-refractivity contribution in [3.63, 3.8) is 0 Å². The molecule has 0 heterocycles. The lowest BCUT2D eigenvalue weighted by Gasteiger charge is -2.18. The number of nitrogens with zero attached hydrogens (tertiary/aromatic N) is 1. The van der Waals surface area contributed by atoms with Crippen LogP contribution in [0.1, 0.15) is 16.8 Å². The Balaban J connectivity index is 1.94. The molecule has 2 aromatic carbocycles. The Hall–Kier alpha value is -2.16. The predicted molar refractivity (Wildman–Crippen MR) is 75.1 cm³/mol. The number of halogens is 1. The summed E-state index contributed by atoms with van der Waals surface area (Å²) in [5.41, 5.74) is 1.50. The van der Waals surface area contributed by atoms with Crippen LogP contribution in [0.3, 0.4) is 0 Å². The number of benzene rings is 2. The molecule has 0 radical (unpaired) electrons. The molecule has 0 fully saturated rings. The van der Waals surface area contributed by atoms with Crippen LogP contribution in [0.2, 0.25) is 0 Å². The zero-order valence-corrected chi connectivity index (χ0v) is 10.8. The molecular weight excluding hydrogens is 241 g/mol. The van der Waals surface area contributed by atoms with Gasteiger partial charge in [0, 0.05) is 31.3 Å². The van der Waals surface area contributed by atoms with Crippen LogP contribution in [-0.4, -0.2) is 19.4 Å². The average molecular weight is 257 g/mol. The van der Waals surface area contributed by atoms with Crippen molar-refractivity contribution in [3.05, 3.63) is 66.0 Å². The van der Waals surface area contributed by atoms with Crippen molar-refractivity contribution in [3.8, 4) is 0 Å². The van der Waals surface area contributed by atoms with Gasteiger partial charge < -0.3 is 4.90 Å². The van der Waals surface area contributed by atoms with E-state index in [0.717, 1.165) is 5.69 Å². The Kier molecular flexibility index (Phi) is 4.29. The summed E-state index contributed by atoms with van der Waals surface area (Å²) in [6.45, 7) is 0.610. The molecule has 0 spiro atoms. The number of rotatable bonds is 5. The van der Waals surface area contributed by atoms with Crippen molar-refractivity contribution >= 4 is 11.5 Å². The van der Waals surface area contributed by atoms with Crippen molar-refractivity contribution in [2.75, 3.05) is 18.5 Å². The van der Waals surface area contributed by atoms with Crippen LogP contribution in [-0.2, 0) is 0 Å². The zero-order chi connectivity index (χ0) is 13.7. The SMILES string of the molecule is CN(CCC(=O)c1cccc(F)c1)c1ccccc1. The smallest absolute Gasteiger partial charge is 0.164 e. The summed E-state index contributed by atoms with van der Waals surface area (Å²) in [7, 11) is 1.94. The van der Waals surface area contributed by atoms with Gasteiger partial charge in [-0.1, -0.05) is 30.3 Å². The van der Waals surface area contributed by atoms with E-state index in [2.05, 4.69) is 0 Å². The van der Waals surface area contributed by atoms with E-state index in [1.165, 1.54) is 12.1 Å². The van der Waals surface area contributed by atoms with E-state index >= 15 is 0 Å². The second-order valence-electron chi connectivity index (χ2n) is 4.44. The number of anilines is 1. The fourth-order valence-corrected chi connectivity index (χ4v) is 1.89. The minimum atomic E-state index is -0.373. The van der Waals surface area contributed by atoms with Crippen molar-refractivity contribution in [1.29, 1.82) is 0 Å². The first-order chi connectivity index (χ1) is 9.16. The largest absolute Gasteiger partial charge is 0.374 e. The van der Waals surface area contributed by atoms with E-state index in [4.69, 9.17) is 0 Å². The van der Waals surface area contributed by atoms with Gasteiger partial charge in [-0.25, -0.2) is 4.39 Å². The van der Waals surface area contributed by atoms with Crippen molar-refractivity contribution in [2.45, 2.75) is 6.42 Å². The number of ketones is 1. The molecule has 0 amide bonds. The summed E-state index contributed by atoms with van der Waals surface area (Å²) in [5.74, 6) is -0.412. The second kappa shape index (κ2) is 6.14. The minimum Gasteiger partial charge on any atom is -0.374 e. The maximum absolute atomic E-state index is 13.0. The van der Waals surface area contributed by atoms with E-state index in [9.17, 15) is 9.18 Å². The first-order valence-electron chi connectivity index (χ1n) is 6.22. The van der Waals surface area contributed by atoms with E-state index in [1.54, 1.807) is 12.1 Å². The molecule has 0 unspecified atom stereocenters. The zero-order valence-electron chi connectivity index (χ0n) is 10.8. The van der Waals surface area contributed by atoms with Crippen molar-refractivity contribution < 1.29 is 9.18 Å². The quantitative estimate of drug-likeness (QED) is 0.764. The van der Waals surface area contributed by atoms with Gasteiger partial charge >= 0.3 is 0 Å². The Bertz CT molecular complexity index is 554. The molecule has 2 rings (SSSR count). The molecule has 0 aliphatic carbocycles. The van der Waals surface area contributed by atoms with Crippen LogP contribution in [0, 0.1) is 5.82 Å². The maximum Gasteiger partial charge on any atom is 0.164 e. The summed E-state index contributed by atoms with van der Waals surface area (Å²) < 4.78 is 13.0. The second-order valence-corrected chi connectivity index (χ2v) is 4.44. The van der Waals surface area contributed by atoms with Crippen LogP contribution < -0.4 is 4.90 Å². The normalized spacial score (nSPS) is 10.2. The van der Waals surface area contributed by atoms with Gasteiger partial charge in [-0.2, -0.15) is 0 Å². The molecule has 0 N–H and O–H groups in total. The van der Waals surface area contributed by atoms with Gasteiger partial charge in [0.25, 0.3) is 0 Å². The van der Waals surface area contributed by atoms with E-state index in [-0.39, 0.29) is 11.6 Å². The molecule has 2 aromatic rings. The Morgan fingerprint density at radius 2 is 1.84 bits per heavy atom. The van der Waals surface area contributed by atoms with Gasteiger partial charge in [0.05, 0.1) is 0 Å². The monoisotopic (exact) mass is 257 g/mol. The number of para-hydroxylation sites is 1. The van der Waals surface area contributed by atoms with Gasteiger partial charge in [0.1, 0.15) is 5.82 Å². The summed E-state index contributed by atoms with van der Waals surface area (Å²) >= 11 is 0. The Labute approximate surface area is 112 Å². The number of hydrogen-bond acceptors (Lipinski definition) is 2. The highest BCUT2D eigenvalue weighted by Crippen LogP contribution is 2.12. The van der Waals surface area contributed by atoms with Crippen molar-refractivity contribution in [2.24, 2.45) is 0 Å².